The number of halogens is 1. The molecule has 1 atom stereocenters. The molecular formula is C39H34ClN3O6S. The predicted octanol–water partition coefficient (Wildman–Crippen LogP) is 8.25. The van der Waals surface area contributed by atoms with Crippen LogP contribution in [-0.2, 0) is 9.59 Å². The number of anilines is 2. The lowest BCUT2D eigenvalue weighted by molar-refractivity contribution is -0.116. The first-order valence-corrected chi connectivity index (χ1v) is 16.6. The van der Waals surface area contributed by atoms with Gasteiger partial charge in [-0.3, -0.25) is 14.4 Å². The Kier molecular flexibility index (Phi) is 12.2. The Morgan fingerprint density at radius 1 is 0.700 bits per heavy atom. The maximum Gasteiger partial charge on any atom is 0.272 e. The maximum absolute atomic E-state index is 13.7. The molecule has 0 saturated carbocycles. The van der Waals surface area contributed by atoms with Crippen molar-refractivity contribution in [1.29, 1.82) is 0 Å². The van der Waals surface area contributed by atoms with E-state index in [1.165, 1.54) is 39.2 Å². The van der Waals surface area contributed by atoms with Crippen LogP contribution in [0.1, 0.15) is 26.7 Å². The average molecular weight is 708 g/mol. The molecule has 5 aromatic carbocycles. The number of carbonyl (C=O) groups excluding carboxylic acids is 3. The maximum atomic E-state index is 13.7. The molecule has 0 fully saturated rings. The van der Waals surface area contributed by atoms with Crippen LogP contribution in [0, 0.1) is 0 Å². The van der Waals surface area contributed by atoms with E-state index in [-0.39, 0.29) is 11.6 Å². The van der Waals surface area contributed by atoms with Gasteiger partial charge in [-0.2, -0.15) is 0 Å². The molecule has 3 amide bonds. The van der Waals surface area contributed by atoms with E-state index in [4.69, 9.17) is 25.8 Å². The van der Waals surface area contributed by atoms with Gasteiger partial charge < -0.3 is 30.2 Å². The van der Waals surface area contributed by atoms with E-state index in [9.17, 15) is 14.4 Å². The molecule has 50 heavy (non-hydrogen) atoms. The van der Waals surface area contributed by atoms with Gasteiger partial charge in [0.25, 0.3) is 11.8 Å². The number of amides is 3. The Labute approximate surface area is 299 Å². The number of hydrogen-bond donors (Lipinski definition) is 3. The summed E-state index contributed by atoms with van der Waals surface area (Å²) in [6.07, 6.45) is 1.53. The molecule has 254 valence electrons. The van der Waals surface area contributed by atoms with E-state index >= 15 is 0 Å². The van der Waals surface area contributed by atoms with Crippen LogP contribution >= 0.6 is 23.4 Å². The van der Waals surface area contributed by atoms with Crippen molar-refractivity contribution in [3.8, 4) is 17.2 Å². The Balaban J connectivity index is 1.36. The van der Waals surface area contributed by atoms with Crippen LogP contribution in [0.5, 0.6) is 17.2 Å². The molecule has 0 spiro atoms. The number of benzene rings is 5. The molecule has 11 heteroatoms. The fraction of sp³-hybridized carbons (Fsp3) is 0.103. The zero-order valence-corrected chi connectivity index (χ0v) is 29.0. The van der Waals surface area contributed by atoms with Crippen molar-refractivity contribution in [2.24, 2.45) is 0 Å². The van der Waals surface area contributed by atoms with Gasteiger partial charge in [0.15, 0.2) is 11.5 Å². The number of para-hydroxylation sites is 1. The molecule has 0 aliphatic heterocycles. The first-order chi connectivity index (χ1) is 24.3. The highest BCUT2D eigenvalue weighted by Crippen LogP contribution is 2.37. The van der Waals surface area contributed by atoms with Gasteiger partial charge in [-0.05, 0) is 72.3 Å². The minimum Gasteiger partial charge on any atom is -0.495 e. The fourth-order valence-corrected chi connectivity index (χ4v) is 6.21. The van der Waals surface area contributed by atoms with Gasteiger partial charge in [0.05, 0.1) is 26.4 Å². The van der Waals surface area contributed by atoms with Crippen LogP contribution in [0.25, 0.3) is 6.08 Å². The van der Waals surface area contributed by atoms with Crippen molar-refractivity contribution in [3.05, 3.63) is 149 Å². The van der Waals surface area contributed by atoms with Crippen molar-refractivity contribution in [1.82, 2.24) is 5.32 Å². The van der Waals surface area contributed by atoms with Crippen molar-refractivity contribution in [3.63, 3.8) is 0 Å². The number of nitrogens with one attached hydrogen (secondary N) is 3. The summed E-state index contributed by atoms with van der Waals surface area (Å²) in [6, 6.07) is 35.4. The summed E-state index contributed by atoms with van der Waals surface area (Å²) >= 11 is 7.64. The van der Waals surface area contributed by atoms with Crippen molar-refractivity contribution in [2.75, 3.05) is 32.0 Å². The minimum absolute atomic E-state index is 0.0108. The van der Waals surface area contributed by atoms with Crippen molar-refractivity contribution in [2.45, 2.75) is 10.1 Å². The Bertz CT molecular complexity index is 1990. The summed E-state index contributed by atoms with van der Waals surface area (Å²) in [4.78, 5) is 41.2. The lowest BCUT2D eigenvalue weighted by atomic mass is 10.1. The highest BCUT2D eigenvalue weighted by Gasteiger charge is 2.23. The molecule has 0 radical (unpaired) electrons. The number of rotatable bonds is 13. The molecule has 5 aromatic rings. The van der Waals surface area contributed by atoms with Crippen LogP contribution in [0.15, 0.2) is 132 Å². The first kappa shape index (κ1) is 35.6. The SMILES string of the molecule is COc1ccc(NC(=O)C(Sc2ccc(NC(=O)/C(=C/c3cccc(OC)c3OC)NC(=O)c3ccccc3)cc2)c2ccccc2)cc1Cl. The second-order valence-corrected chi connectivity index (χ2v) is 12.3. The Morgan fingerprint density at radius 2 is 1.36 bits per heavy atom. The zero-order valence-electron chi connectivity index (χ0n) is 27.4. The number of carbonyl (C=O) groups is 3. The van der Waals surface area contributed by atoms with Gasteiger partial charge >= 0.3 is 0 Å². The quantitative estimate of drug-likeness (QED) is 0.0834. The van der Waals surface area contributed by atoms with E-state index in [1.54, 1.807) is 78.9 Å². The molecule has 0 aliphatic rings. The van der Waals surface area contributed by atoms with Gasteiger partial charge in [-0.1, -0.05) is 72.3 Å². The smallest absolute Gasteiger partial charge is 0.272 e. The molecule has 0 bridgehead atoms. The molecule has 9 nitrogen and oxygen atoms in total. The highest BCUT2D eigenvalue weighted by atomic mass is 35.5. The average Bonchev–Trinajstić information content (AvgIpc) is 3.14. The summed E-state index contributed by atoms with van der Waals surface area (Å²) < 4.78 is 16.2. The normalized spacial score (nSPS) is 11.6. The van der Waals surface area contributed by atoms with Crippen molar-refractivity contribution >= 4 is 58.5 Å². The van der Waals surface area contributed by atoms with Gasteiger partial charge in [-0.15, -0.1) is 11.8 Å². The van der Waals surface area contributed by atoms with Crippen LogP contribution in [0.4, 0.5) is 11.4 Å². The van der Waals surface area contributed by atoms with Crippen LogP contribution in [0.2, 0.25) is 5.02 Å². The lowest BCUT2D eigenvalue weighted by Crippen LogP contribution is -2.30. The van der Waals surface area contributed by atoms with E-state index in [1.807, 2.05) is 42.5 Å². The third-order valence-corrected chi connectivity index (χ3v) is 8.95. The summed E-state index contributed by atoms with van der Waals surface area (Å²) in [7, 11) is 4.54. The lowest BCUT2D eigenvalue weighted by Gasteiger charge is -2.18. The number of methoxy groups -OCH3 is 3. The number of ether oxygens (including phenoxy) is 3. The van der Waals surface area contributed by atoms with Crippen LogP contribution in [0.3, 0.4) is 0 Å². The third kappa shape index (κ3) is 9.04. The molecule has 0 aliphatic carbocycles. The fourth-order valence-electron chi connectivity index (χ4n) is 4.93. The molecule has 1 unspecified atom stereocenters. The summed E-state index contributed by atoms with van der Waals surface area (Å²) in [5.74, 6) is 0.132. The minimum atomic E-state index is -0.599. The van der Waals surface area contributed by atoms with Crippen LogP contribution in [-0.4, -0.2) is 39.1 Å². The topological polar surface area (TPSA) is 115 Å². The van der Waals surface area contributed by atoms with E-state index in [0.29, 0.717) is 44.8 Å². The highest BCUT2D eigenvalue weighted by molar-refractivity contribution is 8.00. The van der Waals surface area contributed by atoms with E-state index in [2.05, 4.69) is 16.0 Å². The van der Waals surface area contributed by atoms with Gasteiger partial charge in [-0.25, -0.2) is 0 Å². The van der Waals surface area contributed by atoms with E-state index in [0.717, 1.165) is 10.5 Å². The second kappa shape index (κ2) is 17.1. The Hall–Kier alpha value is -5.71. The van der Waals surface area contributed by atoms with E-state index < -0.39 is 17.1 Å². The molecular weight excluding hydrogens is 674 g/mol. The summed E-state index contributed by atoms with van der Waals surface area (Å²) in [5, 5.41) is 8.33. The van der Waals surface area contributed by atoms with Gasteiger partial charge in [0.2, 0.25) is 5.91 Å². The number of hydrogen-bond acceptors (Lipinski definition) is 7. The molecule has 5 rings (SSSR count). The third-order valence-electron chi connectivity index (χ3n) is 7.39. The monoisotopic (exact) mass is 707 g/mol. The summed E-state index contributed by atoms with van der Waals surface area (Å²) in [6.45, 7) is 0. The molecule has 0 heterocycles. The second-order valence-electron chi connectivity index (χ2n) is 10.7. The largest absolute Gasteiger partial charge is 0.495 e. The van der Waals surface area contributed by atoms with Gasteiger partial charge in [0.1, 0.15) is 16.7 Å². The predicted molar refractivity (Wildman–Crippen MR) is 198 cm³/mol. The molecule has 0 saturated heterocycles. The van der Waals surface area contributed by atoms with Gasteiger partial charge in [0, 0.05) is 27.4 Å². The van der Waals surface area contributed by atoms with Crippen LogP contribution < -0.4 is 30.2 Å². The molecule has 3 N–H and O–H groups in total. The standard InChI is InChI=1S/C39H34ClN3O6S/c1-47-33-22-19-29(24-31(33)40)42-39(46)36(25-11-6-4-7-12-25)50-30-20-17-28(18-21-30)41-38(45)32(43-37(44)26-13-8-5-9-14-26)23-27-15-10-16-34(48-2)35(27)49-3/h4-24,36H,1-3H3,(H,41,45)(H,42,46)(H,43,44)/b32-23-. The first-order valence-electron chi connectivity index (χ1n) is 15.4. The van der Waals surface area contributed by atoms with Crippen molar-refractivity contribution < 1.29 is 28.6 Å². The Morgan fingerprint density at radius 3 is 2.00 bits per heavy atom. The summed E-state index contributed by atoms with van der Waals surface area (Å²) in [5.41, 5.74) is 2.73. The zero-order chi connectivity index (χ0) is 35.5. The molecule has 0 aromatic heterocycles. The number of thioether (sulfide) groups is 1.